The van der Waals surface area contributed by atoms with Crippen molar-refractivity contribution in [2.24, 2.45) is 5.73 Å². The minimum atomic E-state index is -0.403. The Kier molecular flexibility index (Phi) is 2.69. The Morgan fingerprint density at radius 2 is 2.38 bits per heavy atom. The molecule has 0 radical (unpaired) electrons. The molecule has 4 nitrogen and oxygen atoms in total. The Morgan fingerprint density at radius 1 is 1.54 bits per heavy atom. The van der Waals surface area contributed by atoms with Gasteiger partial charge in [-0.3, -0.25) is 0 Å². The van der Waals surface area contributed by atoms with Gasteiger partial charge in [0.2, 0.25) is 6.29 Å². The fourth-order valence-corrected chi connectivity index (χ4v) is 1.49. The van der Waals surface area contributed by atoms with E-state index in [9.17, 15) is 0 Å². The highest BCUT2D eigenvalue weighted by atomic mass is 79.9. The summed E-state index contributed by atoms with van der Waals surface area (Å²) in [7, 11) is 0. The summed E-state index contributed by atoms with van der Waals surface area (Å²) in [5.74, 6) is 0.669. The molecule has 2 heterocycles. The average molecular weight is 248 g/mol. The average Bonchev–Trinajstić information content (AvgIpc) is 2.71. The number of nitrogens with two attached hydrogens (primary N) is 1. The maximum Gasteiger partial charge on any atom is 0.217 e. The number of ether oxygens (including phenoxy) is 2. The van der Waals surface area contributed by atoms with E-state index in [1.807, 2.05) is 6.07 Å². The molecule has 0 amide bonds. The van der Waals surface area contributed by atoms with Crippen LogP contribution in [0.5, 0.6) is 0 Å². The Morgan fingerprint density at radius 3 is 2.92 bits per heavy atom. The lowest BCUT2D eigenvalue weighted by molar-refractivity contribution is -0.0727. The molecular formula is C8H10BrNO3. The van der Waals surface area contributed by atoms with E-state index >= 15 is 0 Å². The highest BCUT2D eigenvalue weighted by Gasteiger charge is 2.28. The second-order valence-corrected chi connectivity index (χ2v) is 3.58. The van der Waals surface area contributed by atoms with Gasteiger partial charge >= 0.3 is 0 Å². The third-order valence-electron chi connectivity index (χ3n) is 1.84. The molecule has 1 aliphatic rings. The molecule has 0 spiro atoms. The Hall–Kier alpha value is -0.360. The van der Waals surface area contributed by atoms with Crippen LogP contribution in [-0.2, 0) is 9.47 Å². The summed E-state index contributed by atoms with van der Waals surface area (Å²) >= 11 is 3.21. The Balaban J connectivity index is 2.03. The second-order valence-electron chi connectivity index (χ2n) is 2.80. The zero-order valence-electron chi connectivity index (χ0n) is 6.90. The van der Waals surface area contributed by atoms with Crippen molar-refractivity contribution in [3.8, 4) is 0 Å². The van der Waals surface area contributed by atoms with Gasteiger partial charge in [0.25, 0.3) is 0 Å². The van der Waals surface area contributed by atoms with Crippen LogP contribution in [0.2, 0.25) is 0 Å². The summed E-state index contributed by atoms with van der Waals surface area (Å²) in [5, 5.41) is 0. The van der Waals surface area contributed by atoms with Crippen molar-refractivity contribution in [1.29, 1.82) is 0 Å². The lowest BCUT2D eigenvalue weighted by Crippen LogP contribution is -2.21. The summed E-state index contributed by atoms with van der Waals surface area (Å²) in [6.07, 6.45) is -0.422. The topological polar surface area (TPSA) is 57.6 Å². The SMILES string of the molecule is NCC1COC(c2ccc(Br)o2)O1. The van der Waals surface area contributed by atoms with Crippen LogP contribution in [-0.4, -0.2) is 19.3 Å². The van der Waals surface area contributed by atoms with E-state index in [0.717, 1.165) is 0 Å². The first-order valence-electron chi connectivity index (χ1n) is 4.02. The number of hydrogen-bond donors (Lipinski definition) is 1. The van der Waals surface area contributed by atoms with Gasteiger partial charge in [-0.2, -0.15) is 0 Å². The molecule has 0 aliphatic carbocycles. The first-order chi connectivity index (χ1) is 6.29. The maximum atomic E-state index is 5.45. The zero-order chi connectivity index (χ0) is 9.26. The third-order valence-corrected chi connectivity index (χ3v) is 2.26. The lowest BCUT2D eigenvalue weighted by Gasteiger charge is -2.06. The molecule has 13 heavy (non-hydrogen) atoms. The minimum Gasteiger partial charge on any atom is -0.449 e. The van der Waals surface area contributed by atoms with Gasteiger partial charge < -0.3 is 19.6 Å². The highest BCUT2D eigenvalue weighted by Crippen LogP contribution is 2.29. The summed E-state index contributed by atoms with van der Waals surface area (Å²) < 4.78 is 16.7. The smallest absolute Gasteiger partial charge is 0.217 e. The van der Waals surface area contributed by atoms with E-state index in [0.29, 0.717) is 23.6 Å². The number of rotatable bonds is 2. The molecule has 1 aromatic heterocycles. The van der Waals surface area contributed by atoms with Crippen LogP contribution in [0.3, 0.4) is 0 Å². The largest absolute Gasteiger partial charge is 0.449 e. The molecule has 1 aromatic rings. The van der Waals surface area contributed by atoms with Crippen molar-refractivity contribution in [2.45, 2.75) is 12.4 Å². The van der Waals surface area contributed by atoms with Gasteiger partial charge in [-0.05, 0) is 28.1 Å². The highest BCUT2D eigenvalue weighted by molar-refractivity contribution is 9.10. The fourth-order valence-electron chi connectivity index (χ4n) is 1.18. The molecule has 72 valence electrons. The first kappa shape index (κ1) is 9.21. The van der Waals surface area contributed by atoms with Gasteiger partial charge in [0, 0.05) is 6.54 Å². The number of halogens is 1. The van der Waals surface area contributed by atoms with Gasteiger partial charge in [0.05, 0.1) is 12.7 Å². The molecule has 5 heteroatoms. The summed E-state index contributed by atoms with van der Waals surface area (Å²) in [6.45, 7) is 0.998. The van der Waals surface area contributed by atoms with Crippen LogP contribution in [0, 0.1) is 0 Å². The van der Waals surface area contributed by atoms with Gasteiger partial charge in [-0.15, -0.1) is 0 Å². The molecule has 1 fully saturated rings. The predicted octanol–water partition coefficient (Wildman–Crippen LogP) is 1.41. The normalized spacial score (nSPS) is 28.2. The van der Waals surface area contributed by atoms with Gasteiger partial charge in [0.15, 0.2) is 10.4 Å². The van der Waals surface area contributed by atoms with Crippen molar-refractivity contribution in [2.75, 3.05) is 13.2 Å². The molecule has 1 saturated heterocycles. The van der Waals surface area contributed by atoms with E-state index in [1.165, 1.54) is 0 Å². The van der Waals surface area contributed by atoms with Crippen LogP contribution in [0.15, 0.2) is 21.2 Å². The Bertz CT molecular complexity index is 289. The molecule has 1 aliphatic heterocycles. The predicted molar refractivity (Wildman–Crippen MR) is 49.0 cm³/mol. The van der Waals surface area contributed by atoms with E-state index in [1.54, 1.807) is 6.07 Å². The van der Waals surface area contributed by atoms with Crippen molar-refractivity contribution >= 4 is 15.9 Å². The maximum absolute atomic E-state index is 5.45. The molecule has 2 N–H and O–H groups in total. The van der Waals surface area contributed by atoms with Gasteiger partial charge in [0.1, 0.15) is 0 Å². The van der Waals surface area contributed by atoms with Gasteiger partial charge in [-0.25, -0.2) is 0 Å². The van der Waals surface area contributed by atoms with Crippen molar-refractivity contribution in [3.63, 3.8) is 0 Å². The molecule has 0 saturated carbocycles. The fraction of sp³-hybridized carbons (Fsp3) is 0.500. The van der Waals surface area contributed by atoms with Crippen molar-refractivity contribution in [3.05, 3.63) is 22.6 Å². The molecule has 2 unspecified atom stereocenters. The lowest BCUT2D eigenvalue weighted by atomic mass is 10.4. The summed E-state index contributed by atoms with van der Waals surface area (Å²) in [6, 6.07) is 3.62. The first-order valence-corrected chi connectivity index (χ1v) is 4.81. The minimum absolute atomic E-state index is 0.0196. The number of hydrogen-bond acceptors (Lipinski definition) is 4. The van der Waals surface area contributed by atoms with Crippen LogP contribution < -0.4 is 5.73 Å². The zero-order valence-corrected chi connectivity index (χ0v) is 8.49. The van der Waals surface area contributed by atoms with E-state index in [2.05, 4.69) is 15.9 Å². The van der Waals surface area contributed by atoms with Crippen LogP contribution in [0.1, 0.15) is 12.1 Å². The van der Waals surface area contributed by atoms with E-state index < -0.39 is 6.29 Å². The van der Waals surface area contributed by atoms with Crippen LogP contribution in [0.4, 0.5) is 0 Å². The van der Waals surface area contributed by atoms with E-state index in [4.69, 9.17) is 19.6 Å². The van der Waals surface area contributed by atoms with Crippen molar-refractivity contribution < 1.29 is 13.9 Å². The number of furan rings is 1. The van der Waals surface area contributed by atoms with Crippen molar-refractivity contribution in [1.82, 2.24) is 0 Å². The molecule has 0 aromatic carbocycles. The quantitative estimate of drug-likeness (QED) is 0.859. The monoisotopic (exact) mass is 247 g/mol. The second kappa shape index (κ2) is 3.79. The standard InChI is InChI=1S/C8H10BrNO3/c9-7-2-1-6(13-7)8-11-4-5(3-10)12-8/h1-2,5,8H,3-4,10H2. The van der Waals surface area contributed by atoms with Gasteiger partial charge in [-0.1, -0.05) is 0 Å². The summed E-state index contributed by atoms with van der Waals surface area (Å²) in [4.78, 5) is 0. The van der Waals surface area contributed by atoms with Crippen LogP contribution >= 0.6 is 15.9 Å². The third kappa shape index (κ3) is 1.94. The molecule has 2 atom stereocenters. The van der Waals surface area contributed by atoms with E-state index in [-0.39, 0.29) is 6.10 Å². The molecule has 2 rings (SSSR count). The van der Waals surface area contributed by atoms with Crippen LogP contribution in [0.25, 0.3) is 0 Å². The molecule has 0 bridgehead atoms. The Labute approximate surface area is 84.1 Å². The summed E-state index contributed by atoms with van der Waals surface area (Å²) in [5.41, 5.74) is 5.43. The molecular weight excluding hydrogens is 238 g/mol.